The molecule has 0 aliphatic heterocycles. The van der Waals surface area contributed by atoms with E-state index in [0.717, 1.165) is 4.90 Å². The first kappa shape index (κ1) is 18.1. The first-order chi connectivity index (χ1) is 9.93. The van der Waals surface area contributed by atoms with E-state index in [4.69, 9.17) is 32.6 Å². The SMILES string of the molecule is CN(C(=N)N)C(=O)c1cc2c(Cl)cc(OCCO)cc2[nH]1.Cl. The van der Waals surface area contributed by atoms with Crippen molar-refractivity contribution in [2.45, 2.75) is 0 Å². The second-order valence-electron chi connectivity index (χ2n) is 4.37. The van der Waals surface area contributed by atoms with E-state index in [2.05, 4.69) is 4.98 Å². The number of amides is 1. The minimum absolute atomic E-state index is 0. The molecular formula is C13H16Cl2N4O3. The number of halogens is 2. The van der Waals surface area contributed by atoms with Gasteiger partial charge in [-0.25, -0.2) is 0 Å². The van der Waals surface area contributed by atoms with E-state index >= 15 is 0 Å². The van der Waals surface area contributed by atoms with E-state index in [0.29, 0.717) is 21.7 Å². The van der Waals surface area contributed by atoms with E-state index < -0.39 is 5.91 Å². The molecule has 1 amide bonds. The maximum absolute atomic E-state index is 12.1. The van der Waals surface area contributed by atoms with Gasteiger partial charge in [0.05, 0.1) is 17.1 Å². The summed E-state index contributed by atoms with van der Waals surface area (Å²) in [6, 6.07) is 4.88. The zero-order valence-electron chi connectivity index (χ0n) is 11.7. The molecule has 0 atom stereocenters. The molecule has 0 saturated heterocycles. The average Bonchev–Trinajstić information content (AvgIpc) is 2.87. The minimum atomic E-state index is -0.437. The summed E-state index contributed by atoms with van der Waals surface area (Å²) in [6.45, 7) is 0.0505. The fourth-order valence-corrected chi connectivity index (χ4v) is 2.08. The normalized spacial score (nSPS) is 10.1. The van der Waals surface area contributed by atoms with Gasteiger partial charge in [0.1, 0.15) is 18.1 Å². The number of carbonyl (C=O) groups is 1. The number of nitrogens with two attached hydrogens (primary N) is 1. The Morgan fingerprint density at radius 2 is 2.18 bits per heavy atom. The van der Waals surface area contributed by atoms with E-state index in [1.165, 1.54) is 7.05 Å². The van der Waals surface area contributed by atoms with Crippen molar-refractivity contribution in [1.82, 2.24) is 9.88 Å². The van der Waals surface area contributed by atoms with Crippen LogP contribution < -0.4 is 10.5 Å². The van der Waals surface area contributed by atoms with Gasteiger partial charge in [-0.1, -0.05) is 11.6 Å². The fraction of sp³-hybridized carbons (Fsp3) is 0.231. The molecule has 7 nitrogen and oxygen atoms in total. The monoisotopic (exact) mass is 346 g/mol. The molecule has 1 aromatic heterocycles. The van der Waals surface area contributed by atoms with Gasteiger partial charge in [0.2, 0.25) is 0 Å². The molecule has 0 unspecified atom stereocenters. The largest absolute Gasteiger partial charge is 0.491 e. The molecule has 0 fully saturated rings. The van der Waals surface area contributed by atoms with E-state index in [1.54, 1.807) is 18.2 Å². The standard InChI is InChI=1S/C13H15ClN4O3.ClH/c1-18(13(15)16)12(20)11-6-8-9(14)4-7(21-3-2-19)5-10(8)17-11;/h4-6,17,19H,2-3H2,1H3,(H3,15,16);1H. The summed E-state index contributed by atoms with van der Waals surface area (Å²) < 4.78 is 5.30. The second-order valence-corrected chi connectivity index (χ2v) is 4.78. The number of fused-ring (bicyclic) bond motifs is 1. The zero-order valence-corrected chi connectivity index (χ0v) is 13.3. The quantitative estimate of drug-likeness (QED) is 0.496. The van der Waals surface area contributed by atoms with Crippen LogP contribution in [0.2, 0.25) is 5.02 Å². The summed E-state index contributed by atoms with van der Waals surface area (Å²) in [6.07, 6.45) is 0. The van der Waals surface area contributed by atoms with Gasteiger partial charge in [0.15, 0.2) is 5.96 Å². The predicted molar refractivity (Wildman–Crippen MR) is 87.1 cm³/mol. The van der Waals surface area contributed by atoms with Crippen LogP contribution in [0.25, 0.3) is 10.9 Å². The number of H-pyrrole nitrogens is 1. The smallest absolute Gasteiger partial charge is 0.276 e. The molecule has 0 spiro atoms. The first-order valence-electron chi connectivity index (χ1n) is 6.12. The molecule has 1 heterocycles. The Labute approximate surface area is 137 Å². The Hall–Kier alpha value is -1.96. The molecule has 2 rings (SSSR count). The number of carbonyl (C=O) groups excluding carboxylic acids is 1. The molecule has 0 aliphatic carbocycles. The Bertz CT molecular complexity index is 702. The summed E-state index contributed by atoms with van der Waals surface area (Å²) in [7, 11) is 1.41. The number of ether oxygens (including phenoxy) is 1. The number of nitrogens with one attached hydrogen (secondary N) is 2. The summed E-state index contributed by atoms with van der Waals surface area (Å²) in [5, 5.41) is 17.1. The lowest BCUT2D eigenvalue weighted by Gasteiger charge is -2.12. The number of aromatic amines is 1. The summed E-state index contributed by atoms with van der Waals surface area (Å²) >= 11 is 6.15. The number of aliphatic hydroxyl groups is 1. The zero-order chi connectivity index (χ0) is 15.6. The van der Waals surface area contributed by atoms with Crippen molar-refractivity contribution in [1.29, 1.82) is 5.41 Å². The molecule has 2 aromatic rings. The number of rotatable bonds is 4. The lowest BCUT2D eigenvalue weighted by molar-refractivity contribution is 0.0864. The number of benzene rings is 1. The van der Waals surface area contributed by atoms with Gasteiger partial charge in [-0.2, -0.15) is 0 Å². The highest BCUT2D eigenvalue weighted by Gasteiger charge is 2.17. The van der Waals surface area contributed by atoms with Crippen LogP contribution in [0.15, 0.2) is 18.2 Å². The number of hydrogen-bond donors (Lipinski definition) is 4. The molecule has 9 heteroatoms. The molecule has 5 N–H and O–H groups in total. The summed E-state index contributed by atoms with van der Waals surface area (Å²) in [5.41, 5.74) is 6.17. The second kappa shape index (κ2) is 7.35. The van der Waals surface area contributed by atoms with Crippen molar-refractivity contribution in [2.75, 3.05) is 20.3 Å². The van der Waals surface area contributed by atoms with Crippen molar-refractivity contribution < 1.29 is 14.6 Å². The fourth-order valence-electron chi connectivity index (χ4n) is 1.82. The van der Waals surface area contributed by atoms with Crippen molar-refractivity contribution in [2.24, 2.45) is 5.73 Å². The maximum atomic E-state index is 12.1. The summed E-state index contributed by atoms with van der Waals surface area (Å²) in [5.74, 6) is -0.299. The van der Waals surface area contributed by atoms with Crippen molar-refractivity contribution in [3.8, 4) is 5.75 Å². The van der Waals surface area contributed by atoms with Crippen LogP contribution in [-0.2, 0) is 0 Å². The highest BCUT2D eigenvalue weighted by Crippen LogP contribution is 2.30. The Morgan fingerprint density at radius 1 is 1.50 bits per heavy atom. The Morgan fingerprint density at radius 3 is 2.77 bits per heavy atom. The molecule has 120 valence electrons. The van der Waals surface area contributed by atoms with Gasteiger partial charge >= 0.3 is 0 Å². The van der Waals surface area contributed by atoms with Crippen LogP contribution in [0.4, 0.5) is 0 Å². The van der Waals surface area contributed by atoms with Crippen LogP contribution in [0, 0.1) is 5.41 Å². The Kier molecular flexibility index (Phi) is 6.04. The molecule has 0 bridgehead atoms. The molecule has 22 heavy (non-hydrogen) atoms. The van der Waals surface area contributed by atoms with Gasteiger partial charge < -0.3 is 20.6 Å². The van der Waals surface area contributed by atoms with Crippen LogP contribution >= 0.6 is 24.0 Å². The van der Waals surface area contributed by atoms with Crippen molar-refractivity contribution >= 4 is 46.8 Å². The van der Waals surface area contributed by atoms with Crippen LogP contribution in [0.3, 0.4) is 0 Å². The van der Waals surface area contributed by atoms with Gasteiger partial charge in [-0.3, -0.25) is 15.1 Å². The molecule has 0 aliphatic rings. The van der Waals surface area contributed by atoms with Gasteiger partial charge in [0, 0.05) is 18.5 Å². The highest BCUT2D eigenvalue weighted by atomic mass is 35.5. The topological polar surface area (TPSA) is 115 Å². The highest BCUT2D eigenvalue weighted by molar-refractivity contribution is 6.35. The number of aliphatic hydroxyl groups excluding tert-OH is 1. The third-order valence-corrected chi connectivity index (χ3v) is 3.23. The average molecular weight is 347 g/mol. The van der Waals surface area contributed by atoms with Gasteiger partial charge in [-0.05, 0) is 12.1 Å². The van der Waals surface area contributed by atoms with Crippen LogP contribution in [0.5, 0.6) is 5.75 Å². The molecular weight excluding hydrogens is 331 g/mol. The molecule has 1 aromatic carbocycles. The third kappa shape index (κ3) is 3.62. The van der Waals surface area contributed by atoms with Gasteiger partial charge in [0.25, 0.3) is 5.91 Å². The van der Waals surface area contributed by atoms with Crippen LogP contribution in [-0.4, -0.2) is 47.1 Å². The lowest BCUT2D eigenvalue weighted by Crippen LogP contribution is -2.38. The van der Waals surface area contributed by atoms with E-state index in [9.17, 15) is 4.79 Å². The summed E-state index contributed by atoms with van der Waals surface area (Å²) in [4.78, 5) is 16.0. The lowest BCUT2D eigenvalue weighted by atomic mass is 10.2. The molecule has 0 saturated carbocycles. The predicted octanol–water partition coefficient (Wildman–Crippen LogP) is 1.58. The first-order valence-corrected chi connectivity index (χ1v) is 6.50. The number of aromatic nitrogens is 1. The number of nitrogens with zero attached hydrogens (tertiary/aromatic N) is 1. The molecule has 0 radical (unpaired) electrons. The maximum Gasteiger partial charge on any atom is 0.276 e. The minimum Gasteiger partial charge on any atom is -0.491 e. The van der Waals surface area contributed by atoms with Crippen molar-refractivity contribution in [3.63, 3.8) is 0 Å². The van der Waals surface area contributed by atoms with Crippen molar-refractivity contribution in [3.05, 3.63) is 28.9 Å². The van der Waals surface area contributed by atoms with Gasteiger partial charge in [-0.15, -0.1) is 12.4 Å². The number of guanidine groups is 1. The van der Waals surface area contributed by atoms with E-state index in [1.807, 2.05) is 0 Å². The van der Waals surface area contributed by atoms with Crippen LogP contribution in [0.1, 0.15) is 10.5 Å². The van der Waals surface area contributed by atoms with E-state index in [-0.39, 0.29) is 37.3 Å². The third-order valence-electron chi connectivity index (χ3n) is 2.92. The number of hydrogen-bond acceptors (Lipinski definition) is 4. The Balaban J connectivity index is 0.00000242.